The number of H-pyrrole nitrogens is 1. The monoisotopic (exact) mass is 402 g/mol. The predicted molar refractivity (Wildman–Crippen MR) is 120 cm³/mol. The van der Waals surface area contributed by atoms with Gasteiger partial charge in [-0.05, 0) is 44.2 Å². The van der Waals surface area contributed by atoms with E-state index in [0.717, 1.165) is 31.2 Å². The second-order valence-electron chi connectivity index (χ2n) is 8.03. The van der Waals surface area contributed by atoms with Crippen molar-refractivity contribution < 1.29 is 0 Å². The Morgan fingerprint density at radius 1 is 1.27 bits per heavy atom. The van der Waals surface area contributed by atoms with Crippen LogP contribution in [0, 0.1) is 12.8 Å². The van der Waals surface area contributed by atoms with E-state index < -0.39 is 0 Å². The highest BCUT2D eigenvalue weighted by atomic mass is 16.1. The van der Waals surface area contributed by atoms with Gasteiger partial charge in [0.2, 0.25) is 5.95 Å². The second-order valence-corrected chi connectivity index (χ2v) is 8.03. The van der Waals surface area contributed by atoms with Gasteiger partial charge < -0.3 is 10.3 Å². The lowest BCUT2D eigenvalue weighted by Crippen LogP contribution is -2.50. The van der Waals surface area contributed by atoms with Crippen LogP contribution in [0.15, 0.2) is 58.5 Å². The molecule has 2 aliphatic rings. The number of hydrogen-bond donors (Lipinski definition) is 3. The van der Waals surface area contributed by atoms with Crippen LogP contribution in [0.5, 0.6) is 0 Å². The minimum absolute atomic E-state index is 0.0325. The molecule has 0 radical (unpaired) electrons. The lowest BCUT2D eigenvalue weighted by Gasteiger charge is -2.36. The summed E-state index contributed by atoms with van der Waals surface area (Å²) in [6, 6.07) is 9.90. The Hall–Kier alpha value is -3.35. The average Bonchev–Trinajstić information content (AvgIpc) is 3.17. The van der Waals surface area contributed by atoms with Crippen molar-refractivity contribution in [3.8, 4) is 0 Å². The molecule has 1 aliphatic carbocycles. The predicted octanol–water partition coefficient (Wildman–Crippen LogP) is 3.50. The van der Waals surface area contributed by atoms with Crippen molar-refractivity contribution in [1.29, 1.82) is 0 Å². The first-order valence-electron chi connectivity index (χ1n) is 10.6. The fourth-order valence-corrected chi connectivity index (χ4v) is 4.45. The maximum atomic E-state index is 12.7. The molecule has 2 atom stereocenters. The Morgan fingerprint density at radius 2 is 2.17 bits per heavy atom. The SMILES string of the molecule is Cc1cc(=O)n2c(n1)NC(=NCCc1c[nH]c3ccccc13)N[C@H]2[C@H]1CC=CCC1. The number of anilines is 1. The third kappa shape index (κ3) is 3.51. The zero-order valence-electron chi connectivity index (χ0n) is 17.1. The molecular formula is C23H26N6O. The standard InChI is InChI=1S/C23H26N6O/c1-15-13-20(30)29-21(16-7-3-2-4-8-16)27-22(28-23(29)26-15)24-12-11-17-14-25-19-10-6-5-9-18(17)19/h2-3,5-6,9-10,13-14,16,21,25H,4,7-8,11-12H2,1H3,(H2,24,26,27,28)/t16-,21+/m0/s1. The van der Waals surface area contributed by atoms with Gasteiger partial charge in [-0.2, -0.15) is 0 Å². The smallest absolute Gasteiger partial charge is 0.256 e. The molecule has 3 N–H and O–H groups in total. The minimum Gasteiger partial charge on any atom is -0.361 e. The van der Waals surface area contributed by atoms with Gasteiger partial charge in [0.05, 0.1) is 0 Å². The summed E-state index contributed by atoms with van der Waals surface area (Å²) in [6.07, 6.45) is 10.2. The van der Waals surface area contributed by atoms with Crippen LogP contribution in [0.2, 0.25) is 0 Å². The molecule has 0 fully saturated rings. The van der Waals surface area contributed by atoms with E-state index in [1.54, 1.807) is 10.6 Å². The molecule has 2 aromatic heterocycles. The van der Waals surface area contributed by atoms with Gasteiger partial charge in [0.15, 0.2) is 5.96 Å². The maximum Gasteiger partial charge on any atom is 0.256 e. The van der Waals surface area contributed by atoms with E-state index >= 15 is 0 Å². The molecule has 0 saturated heterocycles. The zero-order valence-corrected chi connectivity index (χ0v) is 17.1. The number of aromatic nitrogens is 3. The number of nitrogens with zero attached hydrogens (tertiary/aromatic N) is 3. The number of allylic oxidation sites excluding steroid dienone is 2. The summed E-state index contributed by atoms with van der Waals surface area (Å²) >= 11 is 0. The highest BCUT2D eigenvalue weighted by Gasteiger charge is 2.31. The third-order valence-electron chi connectivity index (χ3n) is 5.96. The second kappa shape index (κ2) is 7.82. The topological polar surface area (TPSA) is 87.1 Å². The summed E-state index contributed by atoms with van der Waals surface area (Å²) in [5, 5.41) is 7.95. The third-order valence-corrected chi connectivity index (χ3v) is 5.96. The molecule has 0 spiro atoms. The summed E-state index contributed by atoms with van der Waals surface area (Å²) in [4.78, 5) is 25.4. The Balaban J connectivity index is 1.40. The van der Waals surface area contributed by atoms with Crippen LogP contribution in [0.1, 0.15) is 36.7 Å². The average molecular weight is 403 g/mol. The van der Waals surface area contributed by atoms with Crippen LogP contribution in [0.25, 0.3) is 10.9 Å². The number of nitrogens with one attached hydrogen (secondary N) is 3. The number of aliphatic imine (C=N–C) groups is 1. The summed E-state index contributed by atoms with van der Waals surface area (Å²) < 4.78 is 1.75. The molecule has 30 heavy (non-hydrogen) atoms. The lowest BCUT2D eigenvalue weighted by molar-refractivity contribution is 0.276. The van der Waals surface area contributed by atoms with E-state index in [0.29, 0.717) is 30.1 Å². The molecule has 0 saturated carbocycles. The van der Waals surface area contributed by atoms with Crippen LogP contribution in [-0.4, -0.2) is 27.0 Å². The highest BCUT2D eigenvalue weighted by Crippen LogP contribution is 2.30. The number of rotatable bonds is 4. The van der Waals surface area contributed by atoms with Gasteiger partial charge in [0, 0.05) is 41.3 Å². The normalized spacial score (nSPS) is 22.0. The number of hydrogen-bond acceptors (Lipinski definition) is 3. The van der Waals surface area contributed by atoms with Crippen LogP contribution in [0.4, 0.5) is 5.95 Å². The number of aryl methyl sites for hydroxylation is 1. The fraction of sp³-hybridized carbons (Fsp3) is 0.348. The van der Waals surface area contributed by atoms with Gasteiger partial charge in [-0.15, -0.1) is 0 Å². The summed E-state index contributed by atoms with van der Waals surface area (Å²) in [6.45, 7) is 2.49. The van der Waals surface area contributed by atoms with Crippen molar-refractivity contribution in [3.05, 3.63) is 70.3 Å². The number of benzene rings is 1. The molecule has 7 heteroatoms. The number of guanidine groups is 1. The van der Waals surface area contributed by atoms with E-state index in [2.05, 4.69) is 57.1 Å². The van der Waals surface area contributed by atoms with Crippen molar-refractivity contribution >= 4 is 22.8 Å². The Labute approximate surface area is 174 Å². The molecule has 1 aliphatic heterocycles. The largest absolute Gasteiger partial charge is 0.361 e. The van der Waals surface area contributed by atoms with E-state index in [9.17, 15) is 4.79 Å². The first-order valence-corrected chi connectivity index (χ1v) is 10.6. The number of para-hydroxylation sites is 1. The molecule has 5 rings (SSSR count). The van der Waals surface area contributed by atoms with Gasteiger partial charge in [-0.1, -0.05) is 30.4 Å². The van der Waals surface area contributed by atoms with Crippen LogP contribution in [-0.2, 0) is 6.42 Å². The van der Waals surface area contributed by atoms with E-state index in [1.165, 1.54) is 10.9 Å². The molecule has 154 valence electrons. The Kier molecular flexibility index (Phi) is 4.86. The zero-order chi connectivity index (χ0) is 20.5. The van der Waals surface area contributed by atoms with Crippen molar-refractivity contribution in [2.75, 3.05) is 11.9 Å². The van der Waals surface area contributed by atoms with E-state index in [-0.39, 0.29) is 11.7 Å². The van der Waals surface area contributed by atoms with Crippen LogP contribution >= 0.6 is 0 Å². The summed E-state index contributed by atoms with van der Waals surface area (Å²) in [5.41, 5.74) is 3.08. The minimum atomic E-state index is -0.140. The Bertz CT molecular complexity index is 1190. The Morgan fingerprint density at radius 3 is 3.03 bits per heavy atom. The lowest BCUT2D eigenvalue weighted by atomic mass is 9.91. The maximum absolute atomic E-state index is 12.7. The van der Waals surface area contributed by atoms with E-state index in [1.807, 2.05) is 13.0 Å². The number of aromatic amines is 1. The molecule has 3 heterocycles. The molecule has 0 unspecified atom stereocenters. The first kappa shape index (κ1) is 18.7. The van der Waals surface area contributed by atoms with Crippen molar-refractivity contribution in [1.82, 2.24) is 19.9 Å². The summed E-state index contributed by atoms with van der Waals surface area (Å²) in [7, 11) is 0. The first-order chi connectivity index (χ1) is 14.7. The van der Waals surface area contributed by atoms with Crippen LogP contribution < -0.4 is 16.2 Å². The fourth-order valence-electron chi connectivity index (χ4n) is 4.45. The molecule has 0 bridgehead atoms. The van der Waals surface area contributed by atoms with Gasteiger partial charge >= 0.3 is 0 Å². The van der Waals surface area contributed by atoms with Gasteiger partial charge in [-0.3, -0.25) is 19.7 Å². The number of fused-ring (bicyclic) bond motifs is 2. The summed E-state index contributed by atoms with van der Waals surface area (Å²) in [5.74, 6) is 1.59. The molecule has 0 amide bonds. The van der Waals surface area contributed by atoms with Gasteiger partial charge in [-0.25, -0.2) is 4.98 Å². The van der Waals surface area contributed by atoms with Crippen molar-refractivity contribution in [3.63, 3.8) is 0 Å². The van der Waals surface area contributed by atoms with Crippen LogP contribution in [0.3, 0.4) is 0 Å². The van der Waals surface area contributed by atoms with E-state index in [4.69, 9.17) is 4.99 Å². The van der Waals surface area contributed by atoms with Crippen molar-refractivity contribution in [2.45, 2.75) is 38.8 Å². The van der Waals surface area contributed by atoms with Crippen molar-refractivity contribution in [2.24, 2.45) is 10.9 Å². The molecular weight excluding hydrogens is 376 g/mol. The molecule has 1 aromatic carbocycles. The highest BCUT2D eigenvalue weighted by molar-refractivity contribution is 5.93. The van der Waals surface area contributed by atoms with Gasteiger partial charge in [0.25, 0.3) is 5.56 Å². The quantitative estimate of drug-likeness (QED) is 0.583. The van der Waals surface area contributed by atoms with Gasteiger partial charge in [0.1, 0.15) is 6.17 Å². The molecule has 7 nitrogen and oxygen atoms in total. The molecule has 3 aromatic rings.